The Labute approximate surface area is 112 Å². The molecule has 0 aliphatic heterocycles. The molecule has 0 radical (unpaired) electrons. The first-order valence-corrected chi connectivity index (χ1v) is 7.70. The summed E-state index contributed by atoms with van der Waals surface area (Å²) in [5.74, 6) is 1.49. The fraction of sp³-hybridized carbons (Fsp3) is 0.933. The minimum atomic E-state index is 0.179. The van der Waals surface area contributed by atoms with Crippen molar-refractivity contribution < 1.29 is 4.79 Å². The van der Waals surface area contributed by atoms with Crippen LogP contribution in [0.25, 0.3) is 0 Å². The normalized spacial score (nSPS) is 25.1. The van der Waals surface area contributed by atoms with Crippen LogP contribution in [-0.2, 0) is 4.79 Å². The highest BCUT2D eigenvalue weighted by atomic mass is 16.1. The van der Waals surface area contributed by atoms with Gasteiger partial charge in [0, 0.05) is 12.5 Å². The maximum atomic E-state index is 12.1. The Balaban J connectivity index is 2.30. The van der Waals surface area contributed by atoms with Gasteiger partial charge in [0.15, 0.2) is 0 Å². The molecule has 0 bridgehead atoms. The van der Waals surface area contributed by atoms with Crippen molar-refractivity contribution in [2.45, 2.75) is 58.8 Å². The smallest absolute Gasteiger partial charge is 0.223 e. The lowest BCUT2D eigenvalue weighted by molar-refractivity contribution is -0.126. The van der Waals surface area contributed by atoms with Crippen LogP contribution in [0.1, 0.15) is 58.8 Å². The standard InChI is InChI=1S/C15H30N2O/c1-3-5-7-12(4-2)11-17-15(18)14-9-6-8-13(14)10-16/h12-14H,3-11,16H2,1-2H3,(H,17,18). The first kappa shape index (κ1) is 15.5. The topological polar surface area (TPSA) is 55.1 Å². The van der Waals surface area contributed by atoms with E-state index in [-0.39, 0.29) is 11.8 Å². The zero-order valence-electron chi connectivity index (χ0n) is 12.1. The zero-order chi connectivity index (χ0) is 13.4. The van der Waals surface area contributed by atoms with E-state index in [1.807, 2.05) is 0 Å². The number of hydrogen-bond donors (Lipinski definition) is 2. The van der Waals surface area contributed by atoms with Crippen molar-refractivity contribution >= 4 is 5.91 Å². The Bertz CT molecular complexity index is 243. The summed E-state index contributed by atoms with van der Waals surface area (Å²) in [7, 11) is 0. The molecule has 0 saturated heterocycles. The predicted octanol–water partition coefficient (Wildman–Crippen LogP) is 2.69. The van der Waals surface area contributed by atoms with Gasteiger partial charge >= 0.3 is 0 Å². The van der Waals surface area contributed by atoms with Crippen molar-refractivity contribution in [3.63, 3.8) is 0 Å². The summed E-state index contributed by atoms with van der Waals surface area (Å²) in [6.07, 6.45) is 8.21. The monoisotopic (exact) mass is 254 g/mol. The summed E-state index contributed by atoms with van der Waals surface area (Å²) in [4.78, 5) is 12.1. The number of carbonyl (C=O) groups is 1. The summed E-state index contributed by atoms with van der Waals surface area (Å²) in [6, 6.07) is 0. The molecule has 1 aliphatic carbocycles. The second-order valence-electron chi connectivity index (χ2n) is 5.69. The van der Waals surface area contributed by atoms with E-state index in [1.54, 1.807) is 0 Å². The lowest BCUT2D eigenvalue weighted by Crippen LogP contribution is -2.37. The van der Waals surface area contributed by atoms with Crippen molar-refractivity contribution in [2.75, 3.05) is 13.1 Å². The van der Waals surface area contributed by atoms with E-state index in [1.165, 1.54) is 19.3 Å². The SMILES string of the molecule is CCCCC(CC)CNC(=O)C1CCCC1CN. The Morgan fingerprint density at radius 1 is 1.39 bits per heavy atom. The van der Waals surface area contributed by atoms with E-state index in [0.29, 0.717) is 18.4 Å². The molecular formula is C15H30N2O. The average Bonchev–Trinajstić information content (AvgIpc) is 2.87. The quantitative estimate of drug-likeness (QED) is 0.699. The van der Waals surface area contributed by atoms with Gasteiger partial charge in [-0.1, -0.05) is 39.5 Å². The number of unbranched alkanes of at least 4 members (excludes halogenated alkanes) is 1. The maximum Gasteiger partial charge on any atom is 0.223 e. The number of hydrogen-bond acceptors (Lipinski definition) is 2. The predicted molar refractivity (Wildman–Crippen MR) is 76.2 cm³/mol. The molecular weight excluding hydrogens is 224 g/mol. The van der Waals surface area contributed by atoms with Crippen LogP contribution in [0.4, 0.5) is 0 Å². The molecule has 0 heterocycles. The van der Waals surface area contributed by atoms with Crippen molar-refractivity contribution in [2.24, 2.45) is 23.5 Å². The number of amides is 1. The van der Waals surface area contributed by atoms with Crippen molar-refractivity contribution in [1.29, 1.82) is 0 Å². The summed E-state index contributed by atoms with van der Waals surface area (Å²) in [5.41, 5.74) is 5.73. The number of rotatable bonds is 8. The minimum Gasteiger partial charge on any atom is -0.356 e. The summed E-state index contributed by atoms with van der Waals surface area (Å²) in [6.45, 7) is 5.94. The van der Waals surface area contributed by atoms with Crippen LogP contribution in [-0.4, -0.2) is 19.0 Å². The number of carbonyl (C=O) groups excluding carboxylic acids is 1. The van der Waals surface area contributed by atoms with Gasteiger partial charge in [-0.15, -0.1) is 0 Å². The van der Waals surface area contributed by atoms with Gasteiger partial charge in [-0.2, -0.15) is 0 Å². The van der Waals surface area contributed by atoms with Gasteiger partial charge in [-0.05, 0) is 37.6 Å². The van der Waals surface area contributed by atoms with Crippen LogP contribution in [0.2, 0.25) is 0 Å². The number of nitrogens with two attached hydrogens (primary N) is 1. The molecule has 0 aromatic heterocycles. The maximum absolute atomic E-state index is 12.1. The second-order valence-corrected chi connectivity index (χ2v) is 5.69. The highest BCUT2D eigenvalue weighted by Gasteiger charge is 2.31. The molecule has 0 aromatic carbocycles. The van der Waals surface area contributed by atoms with Crippen LogP contribution < -0.4 is 11.1 Å². The molecule has 106 valence electrons. The molecule has 3 heteroatoms. The molecule has 3 N–H and O–H groups in total. The van der Waals surface area contributed by atoms with Gasteiger partial charge in [0.05, 0.1) is 0 Å². The summed E-state index contributed by atoms with van der Waals surface area (Å²) in [5, 5.41) is 3.15. The zero-order valence-corrected chi connectivity index (χ0v) is 12.1. The van der Waals surface area contributed by atoms with Gasteiger partial charge < -0.3 is 11.1 Å². The van der Waals surface area contributed by atoms with Gasteiger partial charge in [0.2, 0.25) is 5.91 Å². The molecule has 0 aromatic rings. The average molecular weight is 254 g/mol. The van der Waals surface area contributed by atoms with E-state index in [0.717, 1.165) is 32.2 Å². The molecule has 1 amide bonds. The molecule has 1 saturated carbocycles. The van der Waals surface area contributed by atoms with E-state index >= 15 is 0 Å². The molecule has 3 nitrogen and oxygen atoms in total. The molecule has 1 fully saturated rings. The molecule has 1 rings (SSSR count). The Kier molecular flexibility index (Phi) is 7.33. The Hall–Kier alpha value is -0.570. The van der Waals surface area contributed by atoms with Crippen LogP contribution in [0.3, 0.4) is 0 Å². The lowest BCUT2D eigenvalue weighted by atomic mass is 9.94. The summed E-state index contributed by atoms with van der Waals surface area (Å²) >= 11 is 0. The Morgan fingerprint density at radius 3 is 2.78 bits per heavy atom. The highest BCUT2D eigenvalue weighted by Crippen LogP contribution is 2.31. The van der Waals surface area contributed by atoms with Crippen LogP contribution >= 0.6 is 0 Å². The third-order valence-corrected chi connectivity index (χ3v) is 4.41. The third-order valence-electron chi connectivity index (χ3n) is 4.41. The summed E-state index contributed by atoms with van der Waals surface area (Å²) < 4.78 is 0. The van der Waals surface area contributed by atoms with Gasteiger partial charge in [-0.3, -0.25) is 4.79 Å². The van der Waals surface area contributed by atoms with Crippen LogP contribution in [0.15, 0.2) is 0 Å². The number of nitrogens with one attached hydrogen (secondary N) is 1. The van der Waals surface area contributed by atoms with Gasteiger partial charge in [-0.25, -0.2) is 0 Å². The van der Waals surface area contributed by atoms with E-state index in [4.69, 9.17) is 5.73 Å². The first-order valence-electron chi connectivity index (χ1n) is 7.70. The van der Waals surface area contributed by atoms with Crippen molar-refractivity contribution in [1.82, 2.24) is 5.32 Å². The fourth-order valence-corrected chi connectivity index (χ4v) is 2.98. The highest BCUT2D eigenvalue weighted by molar-refractivity contribution is 5.79. The Morgan fingerprint density at radius 2 is 2.17 bits per heavy atom. The van der Waals surface area contributed by atoms with Crippen LogP contribution in [0, 0.1) is 17.8 Å². The largest absolute Gasteiger partial charge is 0.356 e. The van der Waals surface area contributed by atoms with Gasteiger partial charge in [0.25, 0.3) is 0 Å². The molecule has 3 atom stereocenters. The van der Waals surface area contributed by atoms with E-state index in [9.17, 15) is 4.79 Å². The van der Waals surface area contributed by atoms with Gasteiger partial charge in [0.1, 0.15) is 0 Å². The van der Waals surface area contributed by atoms with Crippen molar-refractivity contribution in [3.05, 3.63) is 0 Å². The second kappa shape index (κ2) is 8.52. The van der Waals surface area contributed by atoms with Crippen LogP contribution in [0.5, 0.6) is 0 Å². The molecule has 3 unspecified atom stereocenters. The van der Waals surface area contributed by atoms with E-state index < -0.39 is 0 Å². The first-order chi connectivity index (χ1) is 8.72. The minimum absolute atomic E-state index is 0.179. The molecule has 18 heavy (non-hydrogen) atoms. The third kappa shape index (κ3) is 4.60. The molecule has 1 aliphatic rings. The van der Waals surface area contributed by atoms with Crippen molar-refractivity contribution in [3.8, 4) is 0 Å². The fourth-order valence-electron chi connectivity index (χ4n) is 2.98. The van der Waals surface area contributed by atoms with E-state index in [2.05, 4.69) is 19.2 Å². The molecule has 0 spiro atoms. The lowest BCUT2D eigenvalue weighted by Gasteiger charge is -2.20.